The predicted octanol–water partition coefficient (Wildman–Crippen LogP) is 3.86. The number of pyridine rings is 1. The molecule has 0 bridgehead atoms. The van der Waals surface area contributed by atoms with Gasteiger partial charge in [0, 0.05) is 28.5 Å². The van der Waals surface area contributed by atoms with E-state index in [0.29, 0.717) is 17.0 Å². The number of nitrogens with zero attached hydrogens (tertiary/aromatic N) is 2. The first-order valence-electron chi connectivity index (χ1n) is 6.51. The molecule has 0 unspecified atom stereocenters. The summed E-state index contributed by atoms with van der Waals surface area (Å²) in [5.74, 6) is 0.175. The van der Waals surface area contributed by atoms with Crippen LogP contribution in [0.25, 0.3) is 11.3 Å². The molecule has 0 aliphatic heterocycles. The third-order valence-electron chi connectivity index (χ3n) is 2.91. The van der Waals surface area contributed by atoms with Gasteiger partial charge in [0.1, 0.15) is 12.3 Å². The maximum Gasteiger partial charge on any atom is 0.340 e. The van der Waals surface area contributed by atoms with E-state index in [4.69, 9.17) is 9.26 Å². The van der Waals surface area contributed by atoms with Crippen molar-refractivity contribution in [1.82, 2.24) is 10.1 Å². The average molecular weight is 359 g/mol. The van der Waals surface area contributed by atoms with Crippen LogP contribution in [0, 0.1) is 0 Å². The molecular weight excluding hydrogens is 348 g/mol. The van der Waals surface area contributed by atoms with Crippen molar-refractivity contribution in [3.05, 3.63) is 70.6 Å². The number of aromatic nitrogens is 2. The highest BCUT2D eigenvalue weighted by Gasteiger charge is 2.11. The lowest BCUT2D eigenvalue weighted by Gasteiger charge is -2.02. The molecule has 6 heteroatoms. The van der Waals surface area contributed by atoms with E-state index in [2.05, 4.69) is 26.1 Å². The highest BCUT2D eigenvalue weighted by molar-refractivity contribution is 9.10. The van der Waals surface area contributed by atoms with Gasteiger partial charge >= 0.3 is 5.97 Å². The Morgan fingerprint density at radius 1 is 1.18 bits per heavy atom. The number of hydrogen-bond acceptors (Lipinski definition) is 5. The van der Waals surface area contributed by atoms with E-state index in [1.165, 1.54) is 6.20 Å². The minimum absolute atomic E-state index is 0.0433. The Morgan fingerprint density at radius 2 is 2.00 bits per heavy atom. The molecule has 5 nitrogen and oxygen atoms in total. The van der Waals surface area contributed by atoms with Gasteiger partial charge in [-0.1, -0.05) is 35.5 Å². The van der Waals surface area contributed by atoms with E-state index < -0.39 is 5.97 Å². The zero-order chi connectivity index (χ0) is 15.4. The molecule has 3 rings (SSSR count). The molecule has 0 N–H and O–H groups in total. The second-order valence-corrected chi connectivity index (χ2v) is 5.43. The van der Waals surface area contributed by atoms with E-state index in [1.54, 1.807) is 18.3 Å². The highest BCUT2D eigenvalue weighted by atomic mass is 79.9. The molecule has 0 radical (unpaired) electrons. The summed E-state index contributed by atoms with van der Waals surface area (Å²) in [7, 11) is 0. The smallest absolute Gasteiger partial charge is 0.340 e. The molecule has 0 saturated carbocycles. The molecule has 1 aromatic carbocycles. The van der Waals surface area contributed by atoms with Gasteiger partial charge in [-0.15, -0.1) is 0 Å². The Hall–Kier alpha value is -2.47. The van der Waals surface area contributed by atoms with Crippen molar-refractivity contribution in [2.24, 2.45) is 0 Å². The fraction of sp³-hybridized carbons (Fsp3) is 0.0625. The van der Waals surface area contributed by atoms with Gasteiger partial charge in [0.2, 0.25) is 0 Å². The summed E-state index contributed by atoms with van der Waals surface area (Å²) in [5.41, 5.74) is 1.85. The summed E-state index contributed by atoms with van der Waals surface area (Å²) >= 11 is 3.26. The first-order valence-corrected chi connectivity index (χ1v) is 7.30. The number of hydrogen-bond donors (Lipinski definition) is 0. The molecule has 2 heterocycles. The van der Waals surface area contributed by atoms with E-state index in [1.807, 2.05) is 30.3 Å². The first kappa shape index (κ1) is 14.5. The van der Waals surface area contributed by atoms with Crippen molar-refractivity contribution >= 4 is 21.9 Å². The molecule has 0 aliphatic rings. The van der Waals surface area contributed by atoms with Gasteiger partial charge in [0.05, 0.1) is 5.56 Å². The van der Waals surface area contributed by atoms with Crippen LogP contribution in [0.1, 0.15) is 16.1 Å². The van der Waals surface area contributed by atoms with Gasteiger partial charge in [-0.2, -0.15) is 0 Å². The molecular formula is C16H11BrN2O3. The van der Waals surface area contributed by atoms with Crippen LogP contribution in [0.4, 0.5) is 0 Å². The topological polar surface area (TPSA) is 65.2 Å². The van der Waals surface area contributed by atoms with Crippen molar-refractivity contribution in [3.8, 4) is 11.3 Å². The van der Waals surface area contributed by atoms with Gasteiger partial charge < -0.3 is 9.26 Å². The van der Waals surface area contributed by atoms with Gasteiger partial charge in [0.15, 0.2) is 5.76 Å². The number of carbonyl (C=O) groups is 1. The number of ether oxygens (including phenoxy) is 1. The van der Waals surface area contributed by atoms with E-state index in [-0.39, 0.29) is 6.61 Å². The first-order chi connectivity index (χ1) is 10.7. The third-order valence-corrected chi connectivity index (χ3v) is 3.34. The second kappa shape index (κ2) is 6.53. The lowest BCUT2D eigenvalue weighted by molar-refractivity contribution is 0.0463. The van der Waals surface area contributed by atoms with Crippen molar-refractivity contribution < 1.29 is 14.1 Å². The summed E-state index contributed by atoms with van der Waals surface area (Å²) in [6.45, 7) is 0.0433. The van der Waals surface area contributed by atoms with Crippen LogP contribution in [-0.2, 0) is 11.3 Å². The molecule has 3 aromatic rings. The molecule has 0 aliphatic carbocycles. The Kier molecular flexibility index (Phi) is 4.29. The molecule has 0 saturated heterocycles. The van der Waals surface area contributed by atoms with Crippen molar-refractivity contribution in [2.75, 3.05) is 0 Å². The van der Waals surface area contributed by atoms with Crippen LogP contribution in [0.2, 0.25) is 0 Å². The van der Waals surface area contributed by atoms with Gasteiger partial charge in [0.25, 0.3) is 0 Å². The van der Waals surface area contributed by atoms with Crippen LogP contribution in [0.3, 0.4) is 0 Å². The predicted molar refractivity (Wildman–Crippen MR) is 83.0 cm³/mol. The van der Waals surface area contributed by atoms with Crippen molar-refractivity contribution in [3.63, 3.8) is 0 Å². The molecule has 0 atom stereocenters. The fourth-order valence-electron chi connectivity index (χ4n) is 1.86. The molecule has 22 heavy (non-hydrogen) atoms. The second-order valence-electron chi connectivity index (χ2n) is 4.52. The molecule has 2 aromatic heterocycles. The standard InChI is InChI=1S/C16H11BrN2O3/c17-13-6-12(8-18-9-13)16(20)21-10-14-7-15(22-19-14)11-4-2-1-3-5-11/h1-9H,10H2. The minimum atomic E-state index is -0.460. The lowest BCUT2D eigenvalue weighted by Crippen LogP contribution is -2.05. The molecule has 110 valence electrons. The number of esters is 1. The van der Waals surface area contributed by atoms with Crippen LogP contribution in [0.5, 0.6) is 0 Å². The fourth-order valence-corrected chi connectivity index (χ4v) is 2.23. The Balaban J connectivity index is 1.65. The molecule has 0 fully saturated rings. The summed E-state index contributed by atoms with van der Waals surface area (Å²) in [6.07, 6.45) is 3.05. The van der Waals surface area contributed by atoms with Gasteiger partial charge in [-0.25, -0.2) is 4.79 Å². The number of benzene rings is 1. The van der Waals surface area contributed by atoms with E-state index in [0.717, 1.165) is 10.0 Å². The Labute approximate surface area is 135 Å². The lowest BCUT2D eigenvalue weighted by atomic mass is 10.2. The molecule has 0 amide bonds. The summed E-state index contributed by atoms with van der Waals surface area (Å²) in [5, 5.41) is 3.90. The summed E-state index contributed by atoms with van der Waals surface area (Å²) in [4.78, 5) is 15.8. The van der Waals surface area contributed by atoms with E-state index in [9.17, 15) is 4.79 Å². The molecule has 0 spiro atoms. The van der Waals surface area contributed by atoms with Gasteiger partial charge in [-0.05, 0) is 22.0 Å². The monoisotopic (exact) mass is 358 g/mol. The summed E-state index contributed by atoms with van der Waals surface area (Å²) in [6, 6.07) is 13.0. The van der Waals surface area contributed by atoms with Gasteiger partial charge in [-0.3, -0.25) is 4.98 Å². The van der Waals surface area contributed by atoms with Crippen molar-refractivity contribution in [2.45, 2.75) is 6.61 Å². The number of halogens is 1. The minimum Gasteiger partial charge on any atom is -0.455 e. The maximum atomic E-state index is 11.9. The van der Waals surface area contributed by atoms with Crippen molar-refractivity contribution in [1.29, 1.82) is 0 Å². The SMILES string of the molecule is O=C(OCc1cc(-c2ccccc2)on1)c1cncc(Br)c1. The van der Waals surface area contributed by atoms with Crippen LogP contribution < -0.4 is 0 Å². The highest BCUT2D eigenvalue weighted by Crippen LogP contribution is 2.20. The Bertz CT molecular complexity index is 787. The largest absolute Gasteiger partial charge is 0.455 e. The number of rotatable bonds is 4. The van der Waals surface area contributed by atoms with E-state index >= 15 is 0 Å². The zero-order valence-corrected chi connectivity index (χ0v) is 13.0. The average Bonchev–Trinajstić information content (AvgIpc) is 3.02. The maximum absolute atomic E-state index is 11.9. The van der Waals surface area contributed by atoms with Crippen LogP contribution >= 0.6 is 15.9 Å². The quantitative estimate of drug-likeness (QED) is 0.662. The Morgan fingerprint density at radius 3 is 2.77 bits per heavy atom. The third kappa shape index (κ3) is 3.40. The normalized spacial score (nSPS) is 10.4. The van der Waals surface area contributed by atoms with Crippen LogP contribution in [0.15, 0.2) is 63.9 Å². The zero-order valence-electron chi connectivity index (χ0n) is 11.4. The summed E-state index contributed by atoms with van der Waals surface area (Å²) < 4.78 is 11.2. The van der Waals surface area contributed by atoms with Crippen LogP contribution in [-0.4, -0.2) is 16.1 Å². The number of carbonyl (C=O) groups excluding carboxylic acids is 1.